The van der Waals surface area contributed by atoms with Gasteiger partial charge in [0, 0.05) is 12.7 Å². The minimum Gasteiger partial charge on any atom is -0.593 e. The number of amides is 2. The molecule has 0 aliphatic rings. The molecular formula is C27H32N4O3S. The van der Waals surface area contributed by atoms with Crippen molar-refractivity contribution >= 4 is 28.8 Å². The van der Waals surface area contributed by atoms with Gasteiger partial charge in [-0.05, 0) is 72.4 Å². The van der Waals surface area contributed by atoms with Gasteiger partial charge in [0.15, 0.2) is 0 Å². The Balaban J connectivity index is 1.36. The molecule has 35 heavy (non-hydrogen) atoms. The zero-order chi connectivity index (χ0) is 24.9. The Labute approximate surface area is 210 Å². The number of ether oxygens (including phenoxy) is 1. The molecule has 3 aromatic carbocycles. The summed E-state index contributed by atoms with van der Waals surface area (Å²) in [6, 6.07) is 24.9. The Bertz CT molecular complexity index is 1070. The van der Waals surface area contributed by atoms with Crippen molar-refractivity contribution in [2.45, 2.75) is 25.9 Å². The van der Waals surface area contributed by atoms with Crippen molar-refractivity contribution in [1.82, 2.24) is 10.6 Å². The largest absolute Gasteiger partial charge is 0.593 e. The average molecular weight is 493 g/mol. The van der Waals surface area contributed by atoms with E-state index in [4.69, 9.17) is 10.5 Å². The maximum absolute atomic E-state index is 12.0. The molecule has 5 N–H and O–H groups in total. The van der Waals surface area contributed by atoms with Crippen LogP contribution in [0.3, 0.4) is 0 Å². The highest BCUT2D eigenvalue weighted by Crippen LogP contribution is 2.18. The van der Waals surface area contributed by atoms with Crippen molar-refractivity contribution in [2.24, 2.45) is 5.73 Å². The van der Waals surface area contributed by atoms with Crippen LogP contribution in [0.5, 0.6) is 5.75 Å². The highest BCUT2D eigenvalue weighted by molar-refractivity contribution is 7.92. The molecular weight excluding hydrogens is 460 g/mol. The molecule has 0 bridgehead atoms. The summed E-state index contributed by atoms with van der Waals surface area (Å²) in [4.78, 5) is 12.0. The topological polar surface area (TPSA) is 111 Å². The van der Waals surface area contributed by atoms with Gasteiger partial charge in [-0.25, -0.2) is 9.52 Å². The highest BCUT2D eigenvalue weighted by atomic mass is 32.2. The van der Waals surface area contributed by atoms with Gasteiger partial charge in [-0.15, -0.1) is 0 Å². The van der Waals surface area contributed by atoms with Crippen LogP contribution in [0.4, 0.5) is 10.5 Å². The molecule has 0 heterocycles. The molecule has 0 spiro atoms. The van der Waals surface area contributed by atoms with Crippen LogP contribution in [0.1, 0.15) is 29.5 Å². The molecule has 0 saturated heterocycles. The van der Waals surface area contributed by atoms with E-state index >= 15 is 0 Å². The molecule has 7 nitrogen and oxygen atoms in total. The van der Waals surface area contributed by atoms with E-state index in [0.29, 0.717) is 24.6 Å². The number of anilines is 1. The predicted molar refractivity (Wildman–Crippen MR) is 143 cm³/mol. The highest BCUT2D eigenvalue weighted by Gasteiger charge is 2.03. The average Bonchev–Trinajstić information content (AvgIpc) is 2.87. The number of carbonyl (C=O) groups is 1. The number of hydrogen-bond acceptors (Lipinski definition) is 5. The Morgan fingerprint density at radius 2 is 1.69 bits per heavy atom. The van der Waals surface area contributed by atoms with Gasteiger partial charge in [-0.3, -0.25) is 0 Å². The third-order valence-corrected chi connectivity index (χ3v) is 5.71. The van der Waals surface area contributed by atoms with Crippen LogP contribution in [0.25, 0.3) is 5.70 Å². The minimum atomic E-state index is -1.10. The molecule has 2 amide bonds. The third kappa shape index (κ3) is 9.64. The summed E-state index contributed by atoms with van der Waals surface area (Å²) < 4.78 is 19.9. The van der Waals surface area contributed by atoms with Crippen LogP contribution >= 0.6 is 0 Å². The van der Waals surface area contributed by atoms with Gasteiger partial charge < -0.3 is 25.7 Å². The molecule has 0 radical (unpaired) electrons. The smallest absolute Gasteiger partial charge is 0.318 e. The maximum atomic E-state index is 12.0. The van der Waals surface area contributed by atoms with Crippen molar-refractivity contribution in [3.05, 3.63) is 102 Å². The molecule has 3 aromatic rings. The van der Waals surface area contributed by atoms with Crippen LogP contribution in [-0.2, 0) is 24.4 Å². The summed E-state index contributed by atoms with van der Waals surface area (Å²) in [5, 5.41) is 5.52. The molecule has 184 valence electrons. The van der Waals surface area contributed by atoms with Crippen LogP contribution in [0.2, 0.25) is 0 Å². The second-order valence-corrected chi connectivity index (χ2v) is 9.12. The second kappa shape index (κ2) is 13.9. The van der Waals surface area contributed by atoms with Crippen LogP contribution in [0.15, 0.2) is 85.1 Å². The number of carbonyl (C=O) groups excluding carboxylic acids is 1. The number of rotatable bonds is 12. The lowest BCUT2D eigenvalue weighted by atomic mass is 10.1. The van der Waals surface area contributed by atoms with Crippen molar-refractivity contribution < 1.29 is 14.1 Å². The molecule has 0 fully saturated rings. The van der Waals surface area contributed by atoms with E-state index in [0.717, 1.165) is 36.1 Å². The number of urea groups is 1. The lowest BCUT2D eigenvalue weighted by molar-refractivity contribution is 0.244. The number of aryl methyl sites for hydroxylation is 1. The first-order chi connectivity index (χ1) is 17.0. The summed E-state index contributed by atoms with van der Waals surface area (Å²) in [7, 11) is 0. The summed E-state index contributed by atoms with van der Waals surface area (Å²) in [5.74, 6) is 0.708. The van der Waals surface area contributed by atoms with Crippen LogP contribution in [0, 0.1) is 0 Å². The van der Waals surface area contributed by atoms with E-state index in [1.54, 1.807) is 6.26 Å². The minimum absolute atomic E-state index is 0.279. The molecule has 1 unspecified atom stereocenters. The van der Waals surface area contributed by atoms with Gasteiger partial charge in [0.05, 0.1) is 22.7 Å². The zero-order valence-corrected chi connectivity index (χ0v) is 20.6. The van der Waals surface area contributed by atoms with Crippen molar-refractivity contribution in [3.8, 4) is 5.75 Å². The van der Waals surface area contributed by atoms with Crippen molar-refractivity contribution in [1.29, 1.82) is 0 Å². The second-order valence-electron chi connectivity index (χ2n) is 8.01. The molecule has 8 heteroatoms. The third-order valence-electron chi connectivity index (χ3n) is 5.19. The van der Waals surface area contributed by atoms with E-state index < -0.39 is 11.4 Å². The maximum Gasteiger partial charge on any atom is 0.318 e. The quantitative estimate of drug-likeness (QED) is 0.219. The summed E-state index contributed by atoms with van der Waals surface area (Å²) in [6.07, 6.45) is 6.00. The van der Waals surface area contributed by atoms with E-state index in [2.05, 4.69) is 27.5 Å². The van der Waals surface area contributed by atoms with Gasteiger partial charge >= 0.3 is 6.03 Å². The number of nitrogens with one attached hydrogen (secondary N) is 3. The summed E-state index contributed by atoms with van der Waals surface area (Å²) >= 11 is -1.10. The molecule has 0 aliphatic carbocycles. The fraction of sp³-hybridized carbons (Fsp3) is 0.222. The number of hydrogen-bond donors (Lipinski definition) is 4. The Kier molecular flexibility index (Phi) is 10.3. The van der Waals surface area contributed by atoms with E-state index in [9.17, 15) is 9.35 Å². The lowest BCUT2D eigenvalue weighted by Crippen LogP contribution is -2.33. The van der Waals surface area contributed by atoms with Gasteiger partial charge in [-0.1, -0.05) is 42.5 Å². The monoisotopic (exact) mass is 492 g/mol. The predicted octanol–water partition coefficient (Wildman–Crippen LogP) is 4.55. The molecule has 0 aromatic heterocycles. The number of benzene rings is 3. The molecule has 0 saturated carbocycles. The van der Waals surface area contributed by atoms with Gasteiger partial charge in [-0.2, -0.15) is 0 Å². The normalized spacial score (nSPS) is 12.0. The van der Waals surface area contributed by atoms with Crippen molar-refractivity contribution in [3.63, 3.8) is 0 Å². The summed E-state index contributed by atoms with van der Waals surface area (Å²) in [5.41, 5.74) is 10.4. The molecule has 3 rings (SSSR count). The number of unbranched alkanes of at least 4 members (excludes halogenated alkanes) is 1. The fourth-order valence-corrected chi connectivity index (χ4v) is 3.79. The SMILES string of the molecule is C[S+]([O-])Nc1ccc(COc2ccc(/C(N)=C/NC(=O)NCCCCc3ccccc3)cc2)cc1. The first-order valence-electron chi connectivity index (χ1n) is 11.5. The van der Waals surface area contributed by atoms with Crippen LogP contribution < -0.4 is 25.8 Å². The van der Waals surface area contributed by atoms with E-state index in [1.807, 2.05) is 66.7 Å². The first-order valence-corrected chi connectivity index (χ1v) is 13.0. The first kappa shape index (κ1) is 26.0. The Morgan fingerprint density at radius 1 is 0.971 bits per heavy atom. The van der Waals surface area contributed by atoms with Gasteiger partial charge in [0.25, 0.3) is 0 Å². The van der Waals surface area contributed by atoms with Gasteiger partial charge in [0.2, 0.25) is 0 Å². The standard InChI is InChI=1S/C27H32N4O3S/c1-35(33)31-24-14-10-22(11-15-24)20-34-25-16-12-23(13-17-25)26(28)19-30-27(32)29-18-6-5-9-21-7-3-2-4-8-21/h2-4,7-8,10-17,19,31H,5-6,9,18,20,28H2,1H3,(H2,29,30,32)/b26-19-. The molecule has 1 atom stereocenters. The Hall–Kier alpha value is -3.62. The lowest BCUT2D eigenvalue weighted by Gasteiger charge is -2.10. The van der Waals surface area contributed by atoms with Gasteiger partial charge in [0.1, 0.15) is 18.6 Å². The molecule has 0 aliphatic heterocycles. The van der Waals surface area contributed by atoms with Crippen molar-refractivity contribution in [2.75, 3.05) is 17.5 Å². The van der Waals surface area contributed by atoms with Crippen LogP contribution in [-0.4, -0.2) is 23.4 Å². The number of nitrogens with two attached hydrogens (primary N) is 1. The zero-order valence-electron chi connectivity index (χ0n) is 19.8. The summed E-state index contributed by atoms with van der Waals surface area (Å²) in [6.45, 7) is 1.02. The fourth-order valence-electron chi connectivity index (χ4n) is 3.32. The Morgan fingerprint density at radius 3 is 2.37 bits per heavy atom. The van der Waals surface area contributed by atoms with E-state index in [-0.39, 0.29) is 6.03 Å². The van der Waals surface area contributed by atoms with E-state index in [1.165, 1.54) is 11.8 Å².